The van der Waals surface area contributed by atoms with E-state index in [9.17, 15) is 5.11 Å². The predicted molar refractivity (Wildman–Crippen MR) is 89.5 cm³/mol. The van der Waals surface area contributed by atoms with E-state index in [0.717, 1.165) is 46.6 Å². The number of aliphatic hydroxyl groups is 1. The van der Waals surface area contributed by atoms with Crippen LogP contribution in [0.1, 0.15) is 35.0 Å². The van der Waals surface area contributed by atoms with Gasteiger partial charge in [-0.15, -0.1) is 0 Å². The Labute approximate surface area is 135 Å². The van der Waals surface area contributed by atoms with E-state index in [0.29, 0.717) is 0 Å². The predicted octanol–water partition coefficient (Wildman–Crippen LogP) is 3.44. The van der Waals surface area contributed by atoms with Crippen molar-refractivity contribution >= 4 is 11.0 Å². The first kappa shape index (κ1) is 14.3. The third kappa shape index (κ3) is 2.21. The van der Waals surface area contributed by atoms with E-state index >= 15 is 0 Å². The average Bonchev–Trinajstić information content (AvgIpc) is 2.89. The van der Waals surface area contributed by atoms with Gasteiger partial charge < -0.3 is 14.4 Å². The molecule has 2 heterocycles. The Kier molecular flexibility index (Phi) is 3.34. The molecule has 1 aliphatic heterocycles. The number of benzene rings is 2. The zero-order chi connectivity index (χ0) is 16.0. The summed E-state index contributed by atoms with van der Waals surface area (Å²) in [7, 11) is 2.00. The van der Waals surface area contributed by atoms with E-state index in [1.807, 2.05) is 42.8 Å². The summed E-state index contributed by atoms with van der Waals surface area (Å²) in [4.78, 5) is 4.69. The van der Waals surface area contributed by atoms with Crippen LogP contribution in [0.2, 0.25) is 0 Å². The fourth-order valence-corrected chi connectivity index (χ4v) is 3.42. The normalized spacial score (nSPS) is 17.1. The van der Waals surface area contributed by atoms with E-state index in [-0.39, 0.29) is 12.7 Å². The maximum Gasteiger partial charge on any atom is 0.151 e. The Morgan fingerprint density at radius 2 is 2.09 bits per heavy atom. The molecule has 2 aromatic carbocycles. The molecule has 0 bridgehead atoms. The fourth-order valence-electron chi connectivity index (χ4n) is 3.42. The highest BCUT2D eigenvalue weighted by molar-refractivity contribution is 5.85. The van der Waals surface area contributed by atoms with Crippen LogP contribution in [-0.2, 0) is 20.1 Å². The number of aromatic nitrogens is 2. The molecule has 118 valence electrons. The van der Waals surface area contributed by atoms with E-state index in [1.54, 1.807) is 0 Å². The molecule has 0 fully saturated rings. The van der Waals surface area contributed by atoms with E-state index < -0.39 is 0 Å². The molecule has 0 amide bonds. The lowest BCUT2D eigenvalue weighted by molar-refractivity contribution is 0.177. The van der Waals surface area contributed by atoms with Gasteiger partial charge in [0.25, 0.3) is 0 Å². The van der Waals surface area contributed by atoms with Gasteiger partial charge in [0.05, 0.1) is 12.1 Å². The van der Waals surface area contributed by atoms with E-state index in [4.69, 9.17) is 4.74 Å². The average molecular weight is 308 g/mol. The van der Waals surface area contributed by atoms with Gasteiger partial charge in [0.2, 0.25) is 0 Å². The van der Waals surface area contributed by atoms with Crippen molar-refractivity contribution in [2.24, 2.45) is 7.05 Å². The molecule has 0 spiro atoms. The SMILES string of the molecule is Cc1nc2c3c(c(CO)cc2n1C)CCC(c1ccccc1)O3. The largest absolute Gasteiger partial charge is 0.483 e. The van der Waals surface area contributed by atoms with Crippen LogP contribution in [0.15, 0.2) is 36.4 Å². The summed E-state index contributed by atoms with van der Waals surface area (Å²) in [6.45, 7) is 2.02. The molecule has 0 saturated heterocycles. The molecule has 1 atom stereocenters. The number of hydrogen-bond acceptors (Lipinski definition) is 3. The second-order valence-corrected chi connectivity index (χ2v) is 6.14. The number of rotatable bonds is 2. The number of ether oxygens (including phenoxy) is 1. The smallest absolute Gasteiger partial charge is 0.151 e. The summed E-state index contributed by atoms with van der Waals surface area (Å²) in [5.41, 5.74) is 5.15. The van der Waals surface area contributed by atoms with E-state index in [2.05, 4.69) is 17.1 Å². The van der Waals surface area contributed by atoms with Crippen molar-refractivity contribution in [1.82, 2.24) is 9.55 Å². The van der Waals surface area contributed by atoms with Crippen molar-refractivity contribution in [3.05, 3.63) is 58.9 Å². The number of aliphatic hydroxyl groups excluding tert-OH is 1. The van der Waals surface area contributed by atoms with Crippen LogP contribution in [0.4, 0.5) is 0 Å². The monoisotopic (exact) mass is 308 g/mol. The molecule has 0 radical (unpaired) electrons. The maximum absolute atomic E-state index is 9.75. The highest BCUT2D eigenvalue weighted by Gasteiger charge is 2.27. The fraction of sp³-hybridized carbons (Fsp3) is 0.316. The molecule has 4 nitrogen and oxygen atoms in total. The zero-order valence-electron chi connectivity index (χ0n) is 13.4. The van der Waals surface area contributed by atoms with Crippen molar-refractivity contribution in [2.75, 3.05) is 0 Å². The Hall–Kier alpha value is -2.33. The van der Waals surface area contributed by atoms with Gasteiger partial charge in [-0.05, 0) is 37.0 Å². The summed E-state index contributed by atoms with van der Waals surface area (Å²) in [5, 5.41) is 9.75. The summed E-state index contributed by atoms with van der Waals surface area (Å²) in [5.74, 6) is 1.79. The van der Waals surface area contributed by atoms with Crippen molar-refractivity contribution < 1.29 is 9.84 Å². The van der Waals surface area contributed by atoms with Crippen molar-refractivity contribution in [2.45, 2.75) is 32.5 Å². The van der Waals surface area contributed by atoms with Crippen LogP contribution >= 0.6 is 0 Å². The highest BCUT2D eigenvalue weighted by atomic mass is 16.5. The lowest BCUT2D eigenvalue weighted by Gasteiger charge is -2.28. The van der Waals surface area contributed by atoms with Gasteiger partial charge in [-0.3, -0.25) is 0 Å². The lowest BCUT2D eigenvalue weighted by Crippen LogP contribution is -2.17. The lowest BCUT2D eigenvalue weighted by atomic mass is 9.93. The molecule has 3 aromatic rings. The topological polar surface area (TPSA) is 47.3 Å². The second-order valence-electron chi connectivity index (χ2n) is 6.14. The molecular weight excluding hydrogens is 288 g/mol. The van der Waals surface area contributed by atoms with Gasteiger partial charge >= 0.3 is 0 Å². The van der Waals surface area contributed by atoms with Crippen LogP contribution in [0.5, 0.6) is 5.75 Å². The Bertz CT molecular complexity index is 868. The number of imidazole rings is 1. The number of hydrogen-bond donors (Lipinski definition) is 1. The second kappa shape index (κ2) is 5.39. The van der Waals surface area contributed by atoms with Gasteiger partial charge in [-0.2, -0.15) is 0 Å². The van der Waals surface area contributed by atoms with Crippen molar-refractivity contribution in [3.8, 4) is 5.75 Å². The van der Waals surface area contributed by atoms with Gasteiger partial charge in [0.1, 0.15) is 17.4 Å². The van der Waals surface area contributed by atoms with Gasteiger partial charge in [0.15, 0.2) is 5.75 Å². The first-order chi connectivity index (χ1) is 11.2. The molecule has 4 heteroatoms. The minimum Gasteiger partial charge on any atom is -0.483 e. The standard InChI is InChI=1S/C19H20N2O2/c1-12-20-18-16(21(12)2)10-14(11-22)15-8-9-17(23-19(15)18)13-6-4-3-5-7-13/h3-7,10,17,22H,8-9,11H2,1-2H3. The first-order valence-corrected chi connectivity index (χ1v) is 7.99. The third-order valence-electron chi connectivity index (χ3n) is 4.81. The van der Waals surface area contributed by atoms with Crippen LogP contribution in [0.3, 0.4) is 0 Å². The van der Waals surface area contributed by atoms with Gasteiger partial charge in [-0.25, -0.2) is 4.98 Å². The Morgan fingerprint density at radius 3 is 2.83 bits per heavy atom. The molecule has 1 aromatic heterocycles. The molecule has 4 rings (SSSR count). The van der Waals surface area contributed by atoms with Gasteiger partial charge in [0, 0.05) is 12.6 Å². The molecule has 0 aliphatic carbocycles. The maximum atomic E-state index is 9.75. The molecule has 23 heavy (non-hydrogen) atoms. The zero-order valence-corrected chi connectivity index (χ0v) is 13.4. The third-order valence-corrected chi connectivity index (χ3v) is 4.81. The Balaban J connectivity index is 1.87. The minimum atomic E-state index is 0.0296. The van der Waals surface area contributed by atoms with Crippen LogP contribution in [0, 0.1) is 6.92 Å². The summed E-state index contributed by atoms with van der Waals surface area (Å²) in [6, 6.07) is 12.3. The summed E-state index contributed by atoms with van der Waals surface area (Å²) >= 11 is 0. The highest BCUT2D eigenvalue weighted by Crippen LogP contribution is 2.41. The molecular formula is C19H20N2O2. The molecule has 1 N–H and O–H groups in total. The number of aryl methyl sites for hydroxylation is 2. The summed E-state index contributed by atoms with van der Waals surface area (Å²) in [6.07, 6.45) is 1.86. The van der Waals surface area contributed by atoms with Crippen LogP contribution in [-0.4, -0.2) is 14.7 Å². The Morgan fingerprint density at radius 1 is 1.30 bits per heavy atom. The summed E-state index contributed by atoms with van der Waals surface area (Å²) < 4.78 is 8.40. The molecule has 1 aliphatic rings. The van der Waals surface area contributed by atoms with Crippen LogP contribution < -0.4 is 4.74 Å². The minimum absolute atomic E-state index is 0.0296. The molecule has 0 saturated carbocycles. The first-order valence-electron chi connectivity index (χ1n) is 7.99. The molecule has 1 unspecified atom stereocenters. The quantitative estimate of drug-likeness (QED) is 0.789. The van der Waals surface area contributed by atoms with Gasteiger partial charge in [-0.1, -0.05) is 30.3 Å². The number of fused-ring (bicyclic) bond motifs is 3. The van der Waals surface area contributed by atoms with Crippen LogP contribution in [0.25, 0.3) is 11.0 Å². The van der Waals surface area contributed by atoms with E-state index in [1.165, 1.54) is 5.56 Å². The number of nitrogens with zero attached hydrogens (tertiary/aromatic N) is 2. The van der Waals surface area contributed by atoms with Crippen molar-refractivity contribution in [1.29, 1.82) is 0 Å². The van der Waals surface area contributed by atoms with Crippen molar-refractivity contribution in [3.63, 3.8) is 0 Å².